The Labute approximate surface area is 121 Å². The first-order valence-electron chi connectivity index (χ1n) is 6.31. The van der Waals surface area contributed by atoms with Crippen molar-refractivity contribution >= 4 is 32.5 Å². The molecule has 0 saturated heterocycles. The van der Waals surface area contributed by atoms with Crippen LogP contribution in [0, 0.1) is 13.8 Å². The number of thiazole rings is 1. The van der Waals surface area contributed by atoms with Gasteiger partial charge in [-0.25, -0.2) is 9.97 Å². The van der Waals surface area contributed by atoms with E-state index in [0.717, 1.165) is 32.5 Å². The fourth-order valence-corrected chi connectivity index (χ4v) is 2.94. The van der Waals surface area contributed by atoms with Crippen LogP contribution in [0.4, 0.5) is 10.8 Å². The van der Waals surface area contributed by atoms with E-state index in [9.17, 15) is 0 Å². The molecule has 1 N–H and O–H groups in total. The van der Waals surface area contributed by atoms with Crippen molar-refractivity contribution in [1.82, 2.24) is 9.97 Å². The molecule has 0 amide bonds. The minimum absolute atomic E-state index is 0.805. The molecule has 0 aliphatic heterocycles. The number of rotatable bonds is 3. The van der Waals surface area contributed by atoms with Crippen LogP contribution in [0.2, 0.25) is 0 Å². The zero-order valence-corrected chi connectivity index (χ0v) is 12.4. The molecule has 0 atom stereocenters. The number of fused-ring (bicyclic) bond motifs is 1. The molecule has 0 saturated carbocycles. The lowest BCUT2D eigenvalue weighted by Gasteiger charge is -2.09. The molecule has 4 nitrogen and oxygen atoms in total. The highest BCUT2D eigenvalue weighted by molar-refractivity contribution is 7.21. The summed E-state index contributed by atoms with van der Waals surface area (Å²) in [5.41, 5.74) is 4.18. The van der Waals surface area contributed by atoms with E-state index in [4.69, 9.17) is 4.74 Å². The highest BCUT2D eigenvalue weighted by Crippen LogP contribution is 2.32. The molecule has 0 aliphatic rings. The van der Waals surface area contributed by atoms with Crippen LogP contribution in [0.15, 0.2) is 30.5 Å². The standard InChI is InChI=1S/C15H15N3OS/c1-9-4-5-12(19-3)11(8-9)17-15-18-13-10(2)6-7-16-14(13)20-15/h4-8H,1-3H3,(H,17,18). The van der Waals surface area contributed by atoms with Gasteiger partial charge in [-0.1, -0.05) is 17.4 Å². The monoisotopic (exact) mass is 285 g/mol. The van der Waals surface area contributed by atoms with E-state index in [-0.39, 0.29) is 0 Å². The van der Waals surface area contributed by atoms with Crippen LogP contribution in [0.25, 0.3) is 10.3 Å². The Balaban J connectivity index is 2.01. The lowest BCUT2D eigenvalue weighted by Crippen LogP contribution is -1.94. The van der Waals surface area contributed by atoms with E-state index in [1.807, 2.05) is 37.4 Å². The van der Waals surface area contributed by atoms with Gasteiger partial charge < -0.3 is 10.1 Å². The van der Waals surface area contributed by atoms with Crippen LogP contribution < -0.4 is 10.1 Å². The highest BCUT2D eigenvalue weighted by atomic mass is 32.1. The van der Waals surface area contributed by atoms with Gasteiger partial charge in [-0.2, -0.15) is 0 Å². The molecule has 0 bridgehead atoms. The number of ether oxygens (including phenoxy) is 1. The molecular weight excluding hydrogens is 270 g/mol. The summed E-state index contributed by atoms with van der Waals surface area (Å²) in [6, 6.07) is 7.99. The number of hydrogen-bond acceptors (Lipinski definition) is 5. The van der Waals surface area contributed by atoms with Gasteiger partial charge in [-0.3, -0.25) is 0 Å². The Bertz CT molecular complexity index is 767. The molecule has 0 radical (unpaired) electrons. The maximum absolute atomic E-state index is 5.37. The van der Waals surface area contributed by atoms with Crippen LogP contribution in [0.3, 0.4) is 0 Å². The van der Waals surface area contributed by atoms with Gasteiger partial charge >= 0.3 is 0 Å². The van der Waals surface area contributed by atoms with Crippen LogP contribution in [-0.2, 0) is 0 Å². The molecule has 20 heavy (non-hydrogen) atoms. The predicted octanol–water partition coefficient (Wildman–Crippen LogP) is 4.06. The average Bonchev–Trinajstić information content (AvgIpc) is 2.83. The Hall–Kier alpha value is -2.14. The van der Waals surface area contributed by atoms with E-state index in [2.05, 4.69) is 22.2 Å². The van der Waals surface area contributed by atoms with Crippen molar-refractivity contribution in [1.29, 1.82) is 0 Å². The second-order valence-corrected chi connectivity index (χ2v) is 5.61. The molecule has 102 valence electrons. The van der Waals surface area contributed by atoms with E-state index in [0.29, 0.717) is 0 Å². The van der Waals surface area contributed by atoms with Crippen molar-refractivity contribution in [3.05, 3.63) is 41.6 Å². The SMILES string of the molecule is COc1ccc(C)cc1Nc1nc2c(C)ccnc2s1. The molecule has 2 heterocycles. The van der Waals surface area contributed by atoms with E-state index >= 15 is 0 Å². The number of nitrogens with zero attached hydrogens (tertiary/aromatic N) is 2. The molecule has 0 unspecified atom stereocenters. The van der Waals surface area contributed by atoms with Gasteiger partial charge in [0.15, 0.2) is 5.13 Å². The molecule has 2 aromatic heterocycles. The number of aromatic nitrogens is 2. The van der Waals surface area contributed by atoms with Crippen molar-refractivity contribution in [2.45, 2.75) is 13.8 Å². The van der Waals surface area contributed by atoms with Crippen LogP contribution in [0.1, 0.15) is 11.1 Å². The number of aryl methyl sites for hydroxylation is 2. The third-order valence-corrected chi connectivity index (χ3v) is 3.97. The van der Waals surface area contributed by atoms with Gasteiger partial charge in [0, 0.05) is 6.20 Å². The largest absolute Gasteiger partial charge is 0.495 e. The van der Waals surface area contributed by atoms with Crippen molar-refractivity contribution in [2.24, 2.45) is 0 Å². The maximum atomic E-state index is 5.37. The molecule has 5 heteroatoms. The van der Waals surface area contributed by atoms with E-state index < -0.39 is 0 Å². The molecule has 0 aliphatic carbocycles. The molecule has 0 fully saturated rings. The van der Waals surface area contributed by atoms with Gasteiger partial charge in [0.05, 0.1) is 12.8 Å². The van der Waals surface area contributed by atoms with Crippen LogP contribution >= 0.6 is 11.3 Å². The number of pyridine rings is 1. The van der Waals surface area contributed by atoms with Crippen molar-refractivity contribution in [3.8, 4) is 5.75 Å². The fourth-order valence-electron chi connectivity index (χ4n) is 2.04. The van der Waals surface area contributed by atoms with Gasteiger partial charge in [0.2, 0.25) is 0 Å². The first-order chi connectivity index (χ1) is 9.67. The summed E-state index contributed by atoms with van der Waals surface area (Å²) in [6.45, 7) is 4.09. The molecule has 3 rings (SSSR count). The van der Waals surface area contributed by atoms with Crippen molar-refractivity contribution < 1.29 is 4.74 Å². The molecular formula is C15H15N3OS. The minimum Gasteiger partial charge on any atom is -0.495 e. The topological polar surface area (TPSA) is 47.0 Å². The lowest BCUT2D eigenvalue weighted by atomic mass is 10.2. The highest BCUT2D eigenvalue weighted by Gasteiger charge is 2.09. The summed E-state index contributed by atoms with van der Waals surface area (Å²) in [5, 5.41) is 4.15. The summed E-state index contributed by atoms with van der Waals surface area (Å²) in [5.74, 6) is 0.805. The van der Waals surface area contributed by atoms with Crippen LogP contribution in [-0.4, -0.2) is 17.1 Å². The zero-order chi connectivity index (χ0) is 14.1. The number of nitrogens with one attached hydrogen (secondary N) is 1. The average molecular weight is 285 g/mol. The minimum atomic E-state index is 0.805. The van der Waals surface area contributed by atoms with Crippen molar-refractivity contribution in [3.63, 3.8) is 0 Å². The fraction of sp³-hybridized carbons (Fsp3) is 0.200. The normalized spacial score (nSPS) is 10.8. The van der Waals surface area contributed by atoms with Gasteiger partial charge in [0.25, 0.3) is 0 Å². The van der Waals surface area contributed by atoms with E-state index in [1.54, 1.807) is 18.4 Å². The Morgan fingerprint density at radius 2 is 2.05 bits per heavy atom. The smallest absolute Gasteiger partial charge is 0.189 e. The Kier molecular flexibility index (Phi) is 3.28. The second kappa shape index (κ2) is 5.09. The molecule has 0 spiro atoms. The van der Waals surface area contributed by atoms with Crippen molar-refractivity contribution in [2.75, 3.05) is 12.4 Å². The number of benzene rings is 1. The quantitative estimate of drug-likeness (QED) is 0.788. The summed E-state index contributed by atoms with van der Waals surface area (Å²) in [7, 11) is 1.67. The summed E-state index contributed by atoms with van der Waals surface area (Å²) in [4.78, 5) is 9.89. The third-order valence-electron chi connectivity index (χ3n) is 3.10. The zero-order valence-electron chi connectivity index (χ0n) is 11.6. The first kappa shape index (κ1) is 12.9. The van der Waals surface area contributed by atoms with E-state index in [1.165, 1.54) is 5.56 Å². The first-order valence-corrected chi connectivity index (χ1v) is 7.13. The number of methoxy groups -OCH3 is 1. The third kappa shape index (κ3) is 2.32. The number of hydrogen-bond donors (Lipinski definition) is 1. The molecule has 3 aromatic rings. The molecule has 1 aromatic carbocycles. The Morgan fingerprint density at radius 1 is 1.20 bits per heavy atom. The van der Waals surface area contributed by atoms with Gasteiger partial charge in [-0.15, -0.1) is 0 Å². The lowest BCUT2D eigenvalue weighted by molar-refractivity contribution is 0.416. The Morgan fingerprint density at radius 3 is 2.80 bits per heavy atom. The van der Waals surface area contributed by atoms with Crippen LogP contribution in [0.5, 0.6) is 5.75 Å². The second-order valence-electron chi connectivity index (χ2n) is 4.63. The summed E-state index contributed by atoms with van der Waals surface area (Å²) < 4.78 is 5.37. The summed E-state index contributed by atoms with van der Waals surface area (Å²) in [6.07, 6.45) is 1.81. The maximum Gasteiger partial charge on any atom is 0.189 e. The number of anilines is 2. The predicted molar refractivity (Wildman–Crippen MR) is 83.2 cm³/mol. The van der Waals surface area contributed by atoms with Gasteiger partial charge in [0.1, 0.15) is 16.1 Å². The van der Waals surface area contributed by atoms with Gasteiger partial charge in [-0.05, 0) is 43.2 Å². The summed E-state index contributed by atoms with van der Waals surface area (Å²) >= 11 is 1.54.